The van der Waals surface area contributed by atoms with Gasteiger partial charge in [0.15, 0.2) is 11.5 Å². The Labute approximate surface area is 151 Å². The van der Waals surface area contributed by atoms with Crippen molar-refractivity contribution in [3.63, 3.8) is 0 Å². The van der Waals surface area contributed by atoms with Crippen molar-refractivity contribution < 1.29 is 31.4 Å². The number of ether oxygens (including phenoxy) is 2. The molecule has 0 saturated heterocycles. The number of rotatable bonds is 4. The van der Waals surface area contributed by atoms with E-state index < -0.39 is 10.4 Å². The highest BCUT2D eigenvalue weighted by Gasteiger charge is 2.16. The molecule has 0 spiro atoms. The predicted octanol–water partition coefficient (Wildman–Crippen LogP) is 2.70. The van der Waals surface area contributed by atoms with Crippen molar-refractivity contribution in [1.82, 2.24) is 0 Å². The van der Waals surface area contributed by atoms with Crippen molar-refractivity contribution in [3.8, 4) is 11.5 Å². The van der Waals surface area contributed by atoms with Gasteiger partial charge >= 0.3 is 10.4 Å². The van der Waals surface area contributed by atoms with E-state index in [1.54, 1.807) is 20.5 Å². The number of benzene rings is 1. The number of allylic oxidation sites excluding steroid dienone is 1. The molecule has 2 heterocycles. The molecule has 0 saturated carbocycles. The van der Waals surface area contributed by atoms with E-state index in [0.717, 1.165) is 41.5 Å². The summed E-state index contributed by atoms with van der Waals surface area (Å²) < 4.78 is 47.6. The van der Waals surface area contributed by atoms with E-state index in [9.17, 15) is 0 Å². The number of fused-ring (bicyclic) bond motifs is 1. The van der Waals surface area contributed by atoms with Crippen LogP contribution in [-0.4, -0.2) is 44.0 Å². The summed E-state index contributed by atoms with van der Waals surface area (Å²) >= 11 is 0. The Balaban J connectivity index is 0.000000431. The lowest BCUT2D eigenvalue weighted by atomic mass is 9.96. The topological polar surface area (TPSA) is 119 Å². The second-order valence-corrected chi connectivity index (χ2v) is 6.07. The molecule has 2 aromatic rings. The Morgan fingerprint density at radius 2 is 1.81 bits per heavy atom. The van der Waals surface area contributed by atoms with Crippen LogP contribution in [0.15, 0.2) is 46.0 Å². The first-order chi connectivity index (χ1) is 12.3. The van der Waals surface area contributed by atoms with Gasteiger partial charge in [0, 0.05) is 12.1 Å². The zero-order valence-corrected chi connectivity index (χ0v) is 15.1. The van der Waals surface area contributed by atoms with Crippen LogP contribution in [0.1, 0.15) is 16.9 Å². The molecule has 1 aliphatic heterocycles. The van der Waals surface area contributed by atoms with Crippen molar-refractivity contribution in [2.75, 3.05) is 20.8 Å². The summed E-state index contributed by atoms with van der Waals surface area (Å²) in [5, 5.41) is 0. The average molecular weight is 381 g/mol. The van der Waals surface area contributed by atoms with Crippen molar-refractivity contribution in [2.24, 2.45) is 4.99 Å². The molecule has 0 aliphatic carbocycles. The Morgan fingerprint density at radius 3 is 2.38 bits per heavy atom. The standard InChI is InChI=1S/C17H17NO3.H2O4S/c1-19-16-10-12-7-8-18-15(14(12)11-17(16)20-2)6-5-13-4-3-9-21-13;1-5(2,3)4/h3-6,9-11H,7-8H2,1-2H3;(H2,1,2,3,4). The quantitative estimate of drug-likeness (QED) is 0.782. The summed E-state index contributed by atoms with van der Waals surface area (Å²) in [6.45, 7) is 0.778. The molecule has 26 heavy (non-hydrogen) atoms. The lowest BCUT2D eigenvalue weighted by molar-refractivity contribution is 0.354. The number of hydrogen-bond donors (Lipinski definition) is 2. The van der Waals surface area contributed by atoms with Crippen LogP contribution in [0.4, 0.5) is 0 Å². The van der Waals surface area contributed by atoms with Gasteiger partial charge in [0.1, 0.15) is 5.76 Å². The highest BCUT2D eigenvalue weighted by molar-refractivity contribution is 7.79. The molecule has 0 unspecified atom stereocenters. The monoisotopic (exact) mass is 381 g/mol. The molecular weight excluding hydrogens is 362 g/mol. The molecule has 140 valence electrons. The molecular formula is C17H19NO7S. The second-order valence-electron chi connectivity index (χ2n) is 5.18. The van der Waals surface area contributed by atoms with E-state index in [2.05, 4.69) is 4.99 Å². The lowest BCUT2D eigenvalue weighted by Crippen LogP contribution is -2.11. The first-order valence-corrected chi connectivity index (χ1v) is 8.92. The number of nitrogens with zero attached hydrogens (tertiary/aromatic N) is 1. The van der Waals surface area contributed by atoms with Crippen LogP contribution >= 0.6 is 0 Å². The summed E-state index contributed by atoms with van der Waals surface area (Å²) in [7, 11) is -1.37. The molecule has 3 rings (SSSR count). The number of hydrogen-bond acceptors (Lipinski definition) is 6. The average Bonchev–Trinajstić information content (AvgIpc) is 3.10. The summed E-state index contributed by atoms with van der Waals surface area (Å²) in [5.41, 5.74) is 3.25. The number of furan rings is 1. The zero-order chi connectivity index (χ0) is 19.2. The van der Waals surface area contributed by atoms with Gasteiger partial charge in [0.25, 0.3) is 0 Å². The molecule has 2 N–H and O–H groups in total. The molecule has 0 amide bonds. The normalized spacial score (nSPS) is 13.5. The van der Waals surface area contributed by atoms with Crippen molar-refractivity contribution in [2.45, 2.75) is 6.42 Å². The third kappa shape index (κ3) is 5.73. The van der Waals surface area contributed by atoms with E-state index in [1.807, 2.05) is 36.4 Å². The fraction of sp³-hybridized carbons (Fsp3) is 0.235. The van der Waals surface area contributed by atoms with Crippen LogP contribution in [0.2, 0.25) is 0 Å². The Kier molecular flexibility index (Phi) is 6.56. The van der Waals surface area contributed by atoms with Crippen molar-refractivity contribution >= 4 is 22.2 Å². The largest absolute Gasteiger partial charge is 0.493 e. The van der Waals surface area contributed by atoms with Gasteiger partial charge in [0.05, 0.1) is 26.2 Å². The molecule has 9 heteroatoms. The molecule has 0 fully saturated rings. The predicted molar refractivity (Wildman–Crippen MR) is 96.6 cm³/mol. The minimum atomic E-state index is -4.67. The van der Waals surface area contributed by atoms with E-state index in [0.29, 0.717) is 0 Å². The first kappa shape index (κ1) is 19.7. The maximum absolute atomic E-state index is 8.74. The molecule has 1 aromatic heterocycles. The fourth-order valence-electron chi connectivity index (χ4n) is 2.44. The number of methoxy groups -OCH3 is 2. The van der Waals surface area contributed by atoms with Gasteiger partial charge in [-0.05, 0) is 48.4 Å². The first-order valence-electron chi connectivity index (χ1n) is 7.53. The molecule has 1 aliphatic rings. The Hall–Kier alpha value is -2.62. The Bertz CT molecular complexity index is 891. The van der Waals surface area contributed by atoms with E-state index in [-0.39, 0.29) is 0 Å². The third-order valence-electron chi connectivity index (χ3n) is 3.50. The van der Waals surface area contributed by atoms with Gasteiger partial charge in [-0.3, -0.25) is 14.1 Å². The zero-order valence-electron chi connectivity index (χ0n) is 14.2. The summed E-state index contributed by atoms with van der Waals surface area (Å²) in [6, 6.07) is 7.79. The molecule has 0 atom stereocenters. The van der Waals surface area contributed by atoms with Crippen LogP contribution in [0, 0.1) is 0 Å². The minimum Gasteiger partial charge on any atom is -0.493 e. The van der Waals surface area contributed by atoms with Gasteiger partial charge in [-0.25, -0.2) is 0 Å². The Morgan fingerprint density at radius 1 is 1.15 bits per heavy atom. The maximum Gasteiger partial charge on any atom is 0.394 e. The van der Waals surface area contributed by atoms with E-state index >= 15 is 0 Å². The highest BCUT2D eigenvalue weighted by atomic mass is 32.3. The molecule has 0 radical (unpaired) electrons. The van der Waals surface area contributed by atoms with Crippen LogP contribution < -0.4 is 9.47 Å². The van der Waals surface area contributed by atoms with Crippen molar-refractivity contribution in [1.29, 1.82) is 0 Å². The van der Waals surface area contributed by atoms with Gasteiger partial charge < -0.3 is 13.9 Å². The summed E-state index contributed by atoms with van der Waals surface area (Å²) in [4.78, 5) is 4.59. The lowest BCUT2D eigenvalue weighted by Gasteiger charge is -2.18. The molecule has 0 bridgehead atoms. The smallest absolute Gasteiger partial charge is 0.394 e. The van der Waals surface area contributed by atoms with Crippen LogP contribution in [0.3, 0.4) is 0 Å². The summed E-state index contributed by atoms with van der Waals surface area (Å²) in [6.07, 6.45) is 6.46. The molecule has 8 nitrogen and oxygen atoms in total. The third-order valence-corrected chi connectivity index (χ3v) is 3.50. The minimum absolute atomic E-state index is 0.720. The molecule has 1 aromatic carbocycles. The van der Waals surface area contributed by atoms with Crippen molar-refractivity contribution in [3.05, 3.63) is 53.5 Å². The highest BCUT2D eigenvalue weighted by Crippen LogP contribution is 2.32. The maximum atomic E-state index is 8.74. The van der Waals surface area contributed by atoms with Crippen LogP contribution in [0.25, 0.3) is 6.08 Å². The van der Waals surface area contributed by atoms with Crippen LogP contribution in [0.5, 0.6) is 11.5 Å². The van der Waals surface area contributed by atoms with Gasteiger partial charge in [-0.15, -0.1) is 0 Å². The second kappa shape index (κ2) is 8.65. The van der Waals surface area contributed by atoms with Crippen LogP contribution in [-0.2, 0) is 16.8 Å². The van der Waals surface area contributed by atoms with E-state index in [1.165, 1.54) is 5.56 Å². The van der Waals surface area contributed by atoms with Gasteiger partial charge in [0.2, 0.25) is 0 Å². The fourth-order valence-corrected chi connectivity index (χ4v) is 2.44. The number of aliphatic imine (C=N–C) groups is 1. The van der Waals surface area contributed by atoms with Gasteiger partial charge in [-0.1, -0.05) is 0 Å². The van der Waals surface area contributed by atoms with E-state index in [4.69, 9.17) is 31.4 Å². The SMILES string of the molecule is COc1cc2c(cc1OC)C(C=Cc1ccco1)=NCC2.O=S(=O)(O)O. The summed E-state index contributed by atoms with van der Waals surface area (Å²) in [5.74, 6) is 2.29. The van der Waals surface area contributed by atoms with Gasteiger partial charge in [-0.2, -0.15) is 8.42 Å².